The molecule has 0 saturated heterocycles. The third-order valence-corrected chi connectivity index (χ3v) is 4.73. The first kappa shape index (κ1) is 17.4. The van der Waals surface area contributed by atoms with E-state index < -0.39 is 6.04 Å². The number of fused-ring (bicyclic) bond motifs is 2. The number of pyridine rings is 1. The molecule has 1 aliphatic rings. The van der Waals surface area contributed by atoms with Gasteiger partial charge in [-0.1, -0.05) is 12.1 Å². The van der Waals surface area contributed by atoms with Gasteiger partial charge < -0.3 is 19.2 Å². The quantitative estimate of drug-likeness (QED) is 0.750. The molecule has 3 heterocycles. The summed E-state index contributed by atoms with van der Waals surface area (Å²) in [6.07, 6.45) is 3.76. The number of aromatic nitrogens is 2. The molecule has 0 aliphatic carbocycles. The van der Waals surface area contributed by atoms with Crippen molar-refractivity contribution in [1.29, 1.82) is 0 Å². The average Bonchev–Trinajstić information content (AvgIpc) is 3.26. The molecule has 7 nitrogen and oxygen atoms in total. The summed E-state index contributed by atoms with van der Waals surface area (Å²) in [4.78, 5) is 19.3. The zero-order chi connectivity index (χ0) is 19.0. The van der Waals surface area contributed by atoms with Crippen molar-refractivity contribution in [2.75, 3.05) is 20.9 Å². The van der Waals surface area contributed by atoms with E-state index in [0.717, 1.165) is 22.5 Å². The van der Waals surface area contributed by atoms with Gasteiger partial charge >= 0.3 is 0 Å². The van der Waals surface area contributed by atoms with Crippen LogP contribution < -0.4 is 14.8 Å². The minimum Gasteiger partial charge on any atom is -0.454 e. The molecule has 1 amide bonds. The van der Waals surface area contributed by atoms with Gasteiger partial charge in [0.25, 0.3) is 0 Å². The summed E-state index contributed by atoms with van der Waals surface area (Å²) in [6, 6.07) is 9.17. The van der Waals surface area contributed by atoms with Crippen molar-refractivity contribution in [3.8, 4) is 11.5 Å². The lowest BCUT2D eigenvalue weighted by atomic mass is 10.0. The second kappa shape index (κ2) is 6.92. The fourth-order valence-corrected chi connectivity index (χ4v) is 3.37. The van der Waals surface area contributed by atoms with Crippen LogP contribution in [0.4, 0.5) is 0 Å². The molecule has 1 atom stereocenters. The highest BCUT2D eigenvalue weighted by Gasteiger charge is 2.25. The number of hydrogen-bond donors (Lipinski definition) is 1. The first-order valence-corrected chi connectivity index (χ1v) is 8.80. The molecule has 1 N–H and O–H groups in total. The summed E-state index contributed by atoms with van der Waals surface area (Å²) >= 11 is 0. The second-order valence-corrected chi connectivity index (χ2v) is 6.83. The lowest BCUT2D eigenvalue weighted by Crippen LogP contribution is -2.36. The van der Waals surface area contributed by atoms with E-state index in [9.17, 15) is 4.79 Å². The van der Waals surface area contributed by atoms with Crippen molar-refractivity contribution in [1.82, 2.24) is 19.6 Å². The van der Waals surface area contributed by atoms with Crippen LogP contribution in [0.1, 0.15) is 22.9 Å². The number of nitrogens with zero attached hydrogens (tertiary/aromatic N) is 3. The number of carbonyl (C=O) groups excluding carboxylic acids is 1. The maximum Gasteiger partial charge on any atom is 0.242 e. The molecule has 0 radical (unpaired) electrons. The van der Waals surface area contributed by atoms with E-state index in [1.807, 2.05) is 66.8 Å². The maximum atomic E-state index is 12.9. The summed E-state index contributed by atoms with van der Waals surface area (Å²) in [7, 11) is 3.76. The van der Waals surface area contributed by atoms with Crippen molar-refractivity contribution in [2.45, 2.75) is 19.5 Å². The first-order chi connectivity index (χ1) is 13.0. The number of nitrogens with one attached hydrogen (secondary N) is 1. The minimum atomic E-state index is -0.430. The Morgan fingerprint density at radius 1 is 1.30 bits per heavy atom. The second-order valence-electron chi connectivity index (χ2n) is 6.83. The van der Waals surface area contributed by atoms with E-state index in [4.69, 9.17) is 9.47 Å². The molecule has 1 aromatic carbocycles. The van der Waals surface area contributed by atoms with Gasteiger partial charge in [0.1, 0.15) is 11.7 Å². The highest BCUT2D eigenvalue weighted by molar-refractivity contribution is 5.83. The molecular formula is C20H22N4O3. The monoisotopic (exact) mass is 366 g/mol. The van der Waals surface area contributed by atoms with Gasteiger partial charge in [0.05, 0.1) is 18.4 Å². The van der Waals surface area contributed by atoms with Crippen molar-refractivity contribution in [2.24, 2.45) is 0 Å². The Balaban J connectivity index is 1.53. The van der Waals surface area contributed by atoms with Crippen LogP contribution in [0.15, 0.2) is 42.7 Å². The van der Waals surface area contributed by atoms with Gasteiger partial charge in [0.2, 0.25) is 12.7 Å². The van der Waals surface area contributed by atoms with Crippen LogP contribution in [0.25, 0.3) is 5.65 Å². The van der Waals surface area contributed by atoms with Crippen molar-refractivity contribution in [3.63, 3.8) is 0 Å². The number of rotatable bonds is 5. The van der Waals surface area contributed by atoms with Gasteiger partial charge in [-0.15, -0.1) is 0 Å². The topological polar surface area (TPSA) is 68.1 Å². The van der Waals surface area contributed by atoms with E-state index in [2.05, 4.69) is 10.3 Å². The van der Waals surface area contributed by atoms with Crippen LogP contribution in [-0.4, -0.2) is 41.1 Å². The molecule has 0 bridgehead atoms. The molecule has 0 unspecified atom stereocenters. The van der Waals surface area contributed by atoms with Gasteiger partial charge in [-0.25, -0.2) is 4.98 Å². The van der Waals surface area contributed by atoms with E-state index >= 15 is 0 Å². The molecule has 140 valence electrons. The number of aryl methyl sites for hydroxylation is 1. The summed E-state index contributed by atoms with van der Waals surface area (Å²) in [5.74, 6) is 1.30. The Kier molecular flexibility index (Phi) is 4.45. The SMILES string of the molecule is Cc1cccn2c(CNC(=O)[C@@H](c3ccc4c(c3)OCO4)N(C)C)cnc12. The summed E-state index contributed by atoms with van der Waals surface area (Å²) in [5, 5.41) is 3.03. The van der Waals surface area contributed by atoms with Crippen molar-refractivity contribution >= 4 is 11.6 Å². The van der Waals surface area contributed by atoms with Crippen LogP contribution in [0.2, 0.25) is 0 Å². The first-order valence-electron chi connectivity index (χ1n) is 8.80. The van der Waals surface area contributed by atoms with Crippen LogP contribution in [0.3, 0.4) is 0 Å². The third kappa shape index (κ3) is 3.21. The van der Waals surface area contributed by atoms with Gasteiger partial charge in [-0.3, -0.25) is 9.69 Å². The molecule has 3 aromatic rings. The van der Waals surface area contributed by atoms with E-state index in [1.54, 1.807) is 6.20 Å². The normalized spacial score (nSPS) is 13.9. The van der Waals surface area contributed by atoms with Gasteiger partial charge in [0.15, 0.2) is 11.5 Å². The Bertz CT molecular complexity index is 996. The summed E-state index contributed by atoms with van der Waals surface area (Å²) < 4.78 is 12.8. The highest BCUT2D eigenvalue weighted by Crippen LogP contribution is 2.35. The van der Waals surface area contributed by atoms with Gasteiger partial charge in [0, 0.05) is 6.20 Å². The summed E-state index contributed by atoms with van der Waals surface area (Å²) in [5.41, 5.74) is 3.80. The Morgan fingerprint density at radius 3 is 2.93 bits per heavy atom. The predicted molar refractivity (Wildman–Crippen MR) is 101 cm³/mol. The van der Waals surface area contributed by atoms with E-state index in [1.165, 1.54) is 0 Å². The number of benzene rings is 1. The third-order valence-electron chi connectivity index (χ3n) is 4.73. The van der Waals surface area contributed by atoms with Gasteiger partial charge in [-0.2, -0.15) is 0 Å². The number of ether oxygens (including phenoxy) is 2. The molecule has 27 heavy (non-hydrogen) atoms. The molecule has 0 saturated carbocycles. The number of imidazole rings is 1. The van der Waals surface area contributed by atoms with Crippen LogP contribution >= 0.6 is 0 Å². The number of amides is 1. The standard InChI is InChI=1S/C20H22N4O3/c1-13-5-4-8-24-15(10-21-19(13)24)11-22-20(25)18(23(2)3)14-6-7-16-17(9-14)27-12-26-16/h4-10,18H,11-12H2,1-3H3,(H,22,25)/t18-/m1/s1. The van der Waals surface area contributed by atoms with E-state index in [0.29, 0.717) is 18.0 Å². The van der Waals surface area contributed by atoms with Crippen molar-refractivity contribution in [3.05, 3.63) is 59.5 Å². The van der Waals surface area contributed by atoms with Crippen LogP contribution in [0, 0.1) is 6.92 Å². The predicted octanol–water partition coefficient (Wildman–Crippen LogP) is 2.29. The Labute approximate surface area is 157 Å². The Morgan fingerprint density at radius 2 is 2.11 bits per heavy atom. The molecule has 4 rings (SSSR count). The number of hydrogen-bond acceptors (Lipinski definition) is 5. The average molecular weight is 366 g/mol. The fraction of sp³-hybridized carbons (Fsp3) is 0.300. The molecule has 2 aromatic heterocycles. The molecule has 0 spiro atoms. The molecular weight excluding hydrogens is 344 g/mol. The zero-order valence-electron chi connectivity index (χ0n) is 15.6. The summed E-state index contributed by atoms with van der Waals surface area (Å²) in [6.45, 7) is 2.63. The van der Waals surface area contributed by atoms with Gasteiger partial charge in [-0.05, 0) is 50.3 Å². The highest BCUT2D eigenvalue weighted by atomic mass is 16.7. The fourth-order valence-electron chi connectivity index (χ4n) is 3.37. The Hall–Kier alpha value is -3.06. The van der Waals surface area contributed by atoms with E-state index in [-0.39, 0.29) is 12.7 Å². The van der Waals surface area contributed by atoms with Crippen molar-refractivity contribution < 1.29 is 14.3 Å². The molecule has 1 aliphatic heterocycles. The lowest BCUT2D eigenvalue weighted by molar-refractivity contribution is -0.126. The number of likely N-dealkylation sites (N-methyl/N-ethyl adjacent to an activating group) is 1. The van der Waals surface area contributed by atoms with Crippen LogP contribution in [0.5, 0.6) is 11.5 Å². The smallest absolute Gasteiger partial charge is 0.242 e. The minimum absolute atomic E-state index is 0.0820. The molecule has 7 heteroatoms. The largest absolute Gasteiger partial charge is 0.454 e. The lowest BCUT2D eigenvalue weighted by Gasteiger charge is -2.24. The zero-order valence-corrected chi connectivity index (χ0v) is 15.6. The number of carbonyl (C=O) groups is 1. The van der Waals surface area contributed by atoms with Crippen LogP contribution in [-0.2, 0) is 11.3 Å². The maximum absolute atomic E-state index is 12.9. The molecule has 0 fully saturated rings.